The minimum absolute atomic E-state index is 0.242. The number of thiophene rings is 1. The van der Waals surface area contributed by atoms with E-state index in [-0.39, 0.29) is 6.10 Å². The van der Waals surface area contributed by atoms with Crippen molar-refractivity contribution < 1.29 is 4.74 Å². The van der Waals surface area contributed by atoms with Crippen molar-refractivity contribution in [1.29, 1.82) is 0 Å². The molecule has 17 heavy (non-hydrogen) atoms. The van der Waals surface area contributed by atoms with Gasteiger partial charge in [-0.3, -0.25) is 0 Å². The molecular formula is C12H15N3OS. The van der Waals surface area contributed by atoms with Crippen LogP contribution in [0, 0.1) is 0 Å². The third-order valence-corrected chi connectivity index (χ3v) is 3.74. The van der Waals surface area contributed by atoms with E-state index in [9.17, 15) is 0 Å². The van der Waals surface area contributed by atoms with Crippen molar-refractivity contribution in [2.24, 2.45) is 0 Å². The fraction of sp³-hybridized carbons (Fsp3) is 0.417. The molecule has 3 heterocycles. The lowest BCUT2D eigenvalue weighted by Gasteiger charge is -2.22. The van der Waals surface area contributed by atoms with E-state index >= 15 is 0 Å². The van der Waals surface area contributed by atoms with Gasteiger partial charge in [0.05, 0.1) is 29.5 Å². The van der Waals surface area contributed by atoms with Gasteiger partial charge in [0.1, 0.15) is 5.82 Å². The normalized spacial score (nSPS) is 20.6. The van der Waals surface area contributed by atoms with E-state index in [0.717, 1.165) is 37.6 Å². The number of H-pyrrole nitrogens is 1. The van der Waals surface area contributed by atoms with Gasteiger partial charge in [-0.05, 0) is 11.4 Å². The Labute approximate surface area is 104 Å². The van der Waals surface area contributed by atoms with Gasteiger partial charge in [-0.25, -0.2) is 4.98 Å². The number of aromatic amines is 1. The number of aromatic nitrogens is 2. The van der Waals surface area contributed by atoms with Crippen molar-refractivity contribution in [2.75, 3.05) is 19.7 Å². The van der Waals surface area contributed by atoms with Crippen LogP contribution in [0.5, 0.6) is 0 Å². The van der Waals surface area contributed by atoms with Gasteiger partial charge in [-0.1, -0.05) is 6.07 Å². The van der Waals surface area contributed by atoms with Crippen molar-refractivity contribution in [3.05, 3.63) is 29.5 Å². The predicted molar refractivity (Wildman–Crippen MR) is 68.2 cm³/mol. The van der Waals surface area contributed by atoms with Crippen LogP contribution in [0.25, 0.3) is 10.6 Å². The number of hydrogen-bond donors (Lipinski definition) is 2. The molecule has 1 fully saturated rings. The van der Waals surface area contributed by atoms with Crippen LogP contribution in [0.3, 0.4) is 0 Å². The Morgan fingerprint density at radius 2 is 2.53 bits per heavy atom. The molecule has 90 valence electrons. The van der Waals surface area contributed by atoms with Gasteiger partial charge in [-0.15, -0.1) is 11.3 Å². The fourth-order valence-electron chi connectivity index (χ4n) is 1.99. The van der Waals surface area contributed by atoms with Crippen LogP contribution in [-0.2, 0) is 11.2 Å². The highest BCUT2D eigenvalue weighted by molar-refractivity contribution is 7.13. The van der Waals surface area contributed by atoms with E-state index in [1.54, 1.807) is 11.3 Å². The van der Waals surface area contributed by atoms with E-state index in [0.29, 0.717) is 0 Å². The summed E-state index contributed by atoms with van der Waals surface area (Å²) in [7, 11) is 0. The summed E-state index contributed by atoms with van der Waals surface area (Å²) in [6.07, 6.45) is 2.99. The first-order valence-corrected chi connectivity index (χ1v) is 6.70. The molecule has 0 aromatic carbocycles. The molecule has 2 N–H and O–H groups in total. The smallest absolute Gasteiger partial charge is 0.109 e. The largest absolute Gasteiger partial charge is 0.375 e. The number of morpholine rings is 1. The number of hydrogen-bond acceptors (Lipinski definition) is 4. The summed E-state index contributed by atoms with van der Waals surface area (Å²) in [4.78, 5) is 8.99. The molecule has 0 aliphatic carbocycles. The molecule has 1 atom stereocenters. The van der Waals surface area contributed by atoms with Crippen LogP contribution in [-0.4, -0.2) is 35.8 Å². The molecule has 1 aliphatic rings. The minimum Gasteiger partial charge on any atom is -0.375 e. The van der Waals surface area contributed by atoms with Gasteiger partial charge in [0.2, 0.25) is 0 Å². The summed E-state index contributed by atoms with van der Waals surface area (Å²) in [5.74, 6) is 1.00. The van der Waals surface area contributed by atoms with E-state index in [2.05, 4.69) is 32.8 Å². The third kappa shape index (κ3) is 2.57. The van der Waals surface area contributed by atoms with Gasteiger partial charge < -0.3 is 15.0 Å². The second kappa shape index (κ2) is 5.00. The Hall–Kier alpha value is -1.17. The summed E-state index contributed by atoms with van der Waals surface area (Å²) in [6.45, 7) is 2.66. The molecule has 1 saturated heterocycles. The van der Waals surface area contributed by atoms with Crippen LogP contribution in [0.15, 0.2) is 23.7 Å². The van der Waals surface area contributed by atoms with Crippen LogP contribution in [0.2, 0.25) is 0 Å². The van der Waals surface area contributed by atoms with Crippen LogP contribution in [0.4, 0.5) is 0 Å². The van der Waals surface area contributed by atoms with Crippen molar-refractivity contribution in [1.82, 2.24) is 15.3 Å². The number of nitrogens with one attached hydrogen (secondary N) is 2. The Morgan fingerprint density at radius 3 is 3.29 bits per heavy atom. The quantitative estimate of drug-likeness (QED) is 0.870. The first-order chi connectivity index (χ1) is 8.42. The number of rotatable bonds is 3. The first-order valence-electron chi connectivity index (χ1n) is 5.82. The van der Waals surface area contributed by atoms with E-state index in [1.807, 2.05) is 6.20 Å². The first kappa shape index (κ1) is 11.0. The van der Waals surface area contributed by atoms with E-state index < -0.39 is 0 Å². The zero-order chi connectivity index (χ0) is 11.5. The molecule has 3 rings (SSSR count). The maximum absolute atomic E-state index is 5.66. The number of nitrogens with zero attached hydrogens (tertiary/aromatic N) is 1. The van der Waals surface area contributed by atoms with Gasteiger partial charge in [0.15, 0.2) is 0 Å². The van der Waals surface area contributed by atoms with Gasteiger partial charge in [0, 0.05) is 19.5 Å². The van der Waals surface area contributed by atoms with Gasteiger partial charge in [-0.2, -0.15) is 0 Å². The minimum atomic E-state index is 0.242. The highest BCUT2D eigenvalue weighted by atomic mass is 32.1. The van der Waals surface area contributed by atoms with Crippen molar-refractivity contribution in [3.63, 3.8) is 0 Å². The Bertz CT molecular complexity index is 460. The molecule has 0 saturated carbocycles. The summed E-state index contributed by atoms with van der Waals surface area (Å²) < 4.78 is 5.66. The predicted octanol–water partition coefficient (Wildman–Crippen LogP) is 1.67. The highest BCUT2D eigenvalue weighted by Crippen LogP contribution is 2.22. The van der Waals surface area contributed by atoms with Crippen molar-refractivity contribution in [3.8, 4) is 10.6 Å². The SMILES string of the molecule is c1csc(-c2cnc(CC3CNCCO3)[nH]2)c1. The molecule has 2 aromatic heterocycles. The molecule has 0 radical (unpaired) electrons. The molecule has 0 spiro atoms. The lowest BCUT2D eigenvalue weighted by molar-refractivity contribution is 0.0281. The average molecular weight is 249 g/mol. The molecule has 0 amide bonds. The zero-order valence-electron chi connectivity index (χ0n) is 9.48. The topological polar surface area (TPSA) is 49.9 Å². The molecule has 0 bridgehead atoms. The summed E-state index contributed by atoms with van der Waals surface area (Å²) in [6, 6.07) is 4.15. The van der Waals surface area contributed by atoms with E-state index in [1.165, 1.54) is 4.88 Å². The Kier molecular flexibility index (Phi) is 3.22. The van der Waals surface area contributed by atoms with Crippen LogP contribution < -0.4 is 5.32 Å². The molecule has 5 heteroatoms. The molecule has 2 aromatic rings. The second-order valence-corrected chi connectivity index (χ2v) is 5.07. The molecule has 1 aliphatic heterocycles. The molecular weight excluding hydrogens is 234 g/mol. The maximum atomic E-state index is 5.66. The summed E-state index contributed by atoms with van der Waals surface area (Å²) in [5, 5.41) is 5.40. The Morgan fingerprint density at radius 1 is 1.53 bits per heavy atom. The maximum Gasteiger partial charge on any atom is 0.109 e. The lowest BCUT2D eigenvalue weighted by atomic mass is 10.2. The van der Waals surface area contributed by atoms with Crippen LogP contribution in [0.1, 0.15) is 5.82 Å². The monoisotopic (exact) mass is 249 g/mol. The molecule has 4 nitrogen and oxygen atoms in total. The lowest BCUT2D eigenvalue weighted by Crippen LogP contribution is -2.39. The van der Waals surface area contributed by atoms with E-state index in [4.69, 9.17) is 4.74 Å². The standard InChI is InChI=1S/C12H15N3OS/c1-2-11(17-5-1)10-8-14-12(15-10)6-9-7-13-3-4-16-9/h1-2,5,8-9,13H,3-4,6-7H2,(H,14,15). The number of imidazole rings is 1. The van der Waals surface area contributed by atoms with Crippen molar-refractivity contribution >= 4 is 11.3 Å². The highest BCUT2D eigenvalue weighted by Gasteiger charge is 2.15. The van der Waals surface area contributed by atoms with Gasteiger partial charge >= 0.3 is 0 Å². The average Bonchev–Trinajstić information content (AvgIpc) is 3.00. The number of ether oxygens (including phenoxy) is 1. The van der Waals surface area contributed by atoms with Crippen LogP contribution >= 0.6 is 11.3 Å². The summed E-state index contributed by atoms with van der Waals surface area (Å²) >= 11 is 1.72. The fourth-order valence-corrected chi connectivity index (χ4v) is 2.68. The second-order valence-electron chi connectivity index (χ2n) is 4.12. The third-order valence-electron chi connectivity index (χ3n) is 2.84. The zero-order valence-corrected chi connectivity index (χ0v) is 10.3. The summed E-state index contributed by atoms with van der Waals surface area (Å²) in [5.41, 5.74) is 1.10. The molecule has 1 unspecified atom stereocenters. The van der Waals surface area contributed by atoms with Gasteiger partial charge in [0.25, 0.3) is 0 Å². The Balaban J connectivity index is 1.68. The van der Waals surface area contributed by atoms with Crippen molar-refractivity contribution in [2.45, 2.75) is 12.5 Å².